The van der Waals surface area contributed by atoms with Crippen LogP contribution in [0.1, 0.15) is 100.0 Å². The zero-order valence-electron chi connectivity index (χ0n) is 26.7. The summed E-state index contributed by atoms with van der Waals surface area (Å²) < 4.78 is 10.0. The highest BCUT2D eigenvalue weighted by Crippen LogP contribution is 2.45. The van der Waals surface area contributed by atoms with Gasteiger partial charge in [-0.3, -0.25) is 9.59 Å². The molecule has 1 aromatic rings. The van der Waals surface area contributed by atoms with Crippen LogP contribution in [0.25, 0.3) is 0 Å². The van der Waals surface area contributed by atoms with Crippen molar-refractivity contribution in [3.63, 3.8) is 0 Å². The quantitative estimate of drug-likeness (QED) is 0.202. The molecule has 0 aliphatic rings. The Morgan fingerprint density at radius 2 is 1.57 bits per heavy atom. The highest BCUT2D eigenvalue weighted by molar-refractivity contribution is 7.99. The number of carbonyl (C=O) groups is 2. The molecule has 1 rings (SSSR count). The van der Waals surface area contributed by atoms with E-state index >= 15 is 0 Å². The number of rotatable bonds is 16. The number of esters is 2. The summed E-state index contributed by atoms with van der Waals surface area (Å²) in [6.45, 7) is 20.9. The van der Waals surface area contributed by atoms with Gasteiger partial charge < -0.3 is 14.6 Å². The molecule has 0 fully saturated rings. The van der Waals surface area contributed by atoms with E-state index in [2.05, 4.69) is 77.9 Å². The molecule has 0 saturated carbocycles. The number of aliphatic hydroxyl groups is 1. The Balaban J connectivity index is 0.000000763. The van der Waals surface area contributed by atoms with Crippen LogP contribution in [-0.2, 0) is 19.1 Å². The topological polar surface area (TPSA) is 96.6 Å². The van der Waals surface area contributed by atoms with E-state index in [0.717, 1.165) is 18.6 Å². The molecule has 5 unspecified atom stereocenters. The number of benzene rings is 1. The summed E-state index contributed by atoms with van der Waals surface area (Å²) in [5, 5.41) is 19.1. The Labute approximate surface area is 248 Å². The number of hydrogen-bond donors (Lipinski definition) is 1. The summed E-state index contributed by atoms with van der Waals surface area (Å²) >= 11 is 1.46. The summed E-state index contributed by atoms with van der Waals surface area (Å²) in [4.78, 5) is 23.3. The van der Waals surface area contributed by atoms with Gasteiger partial charge in [0, 0.05) is 0 Å². The summed E-state index contributed by atoms with van der Waals surface area (Å²) in [6.07, 6.45) is 1.36. The lowest BCUT2D eigenvalue weighted by Gasteiger charge is -2.41. The van der Waals surface area contributed by atoms with Crippen molar-refractivity contribution in [2.24, 2.45) is 28.6 Å². The third-order valence-electron chi connectivity index (χ3n) is 8.34. The molecule has 0 aliphatic carbocycles. The molecule has 0 spiro atoms. The van der Waals surface area contributed by atoms with E-state index in [1.807, 2.05) is 27.7 Å². The Bertz CT molecular complexity index is 898. The predicted octanol–water partition coefficient (Wildman–Crippen LogP) is 7.65. The van der Waals surface area contributed by atoms with Crippen molar-refractivity contribution in [1.29, 1.82) is 5.26 Å². The lowest BCUT2D eigenvalue weighted by Crippen LogP contribution is -2.34. The van der Waals surface area contributed by atoms with E-state index in [1.54, 1.807) is 0 Å². The fourth-order valence-corrected chi connectivity index (χ4v) is 5.11. The summed E-state index contributed by atoms with van der Waals surface area (Å²) in [7, 11) is 0. The van der Waals surface area contributed by atoms with E-state index < -0.39 is 11.5 Å². The molecule has 0 amide bonds. The SMILES string of the molecule is CC(C)C(C#N)C(C)C(C)(C)C(C)c1ccccc1.CCCC(C)(CC)C(=O)OCC(O)COC(=O)CSCC. The van der Waals surface area contributed by atoms with Crippen LogP contribution in [0.5, 0.6) is 0 Å². The fourth-order valence-electron chi connectivity index (χ4n) is 4.65. The van der Waals surface area contributed by atoms with E-state index in [0.29, 0.717) is 24.2 Å². The molecule has 0 heterocycles. The van der Waals surface area contributed by atoms with Crippen molar-refractivity contribution in [2.45, 2.75) is 101 Å². The maximum absolute atomic E-state index is 12.0. The van der Waals surface area contributed by atoms with Crippen molar-refractivity contribution in [3.8, 4) is 6.07 Å². The molecule has 0 bridgehead atoms. The van der Waals surface area contributed by atoms with Gasteiger partial charge in [-0.25, -0.2) is 0 Å². The Hall–Kier alpha value is -2.04. The van der Waals surface area contributed by atoms with Crippen LogP contribution >= 0.6 is 11.8 Å². The lowest BCUT2D eigenvalue weighted by molar-refractivity contribution is -0.160. The van der Waals surface area contributed by atoms with E-state index in [4.69, 9.17) is 9.47 Å². The minimum absolute atomic E-state index is 0.103. The van der Waals surface area contributed by atoms with Crippen molar-refractivity contribution in [2.75, 3.05) is 24.7 Å². The molecule has 7 heteroatoms. The Morgan fingerprint density at radius 1 is 1.00 bits per heavy atom. The largest absolute Gasteiger partial charge is 0.462 e. The third kappa shape index (κ3) is 12.6. The number of aliphatic hydroxyl groups excluding tert-OH is 1. The van der Waals surface area contributed by atoms with Crippen molar-refractivity contribution >= 4 is 23.7 Å². The second kappa shape index (κ2) is 19.1. The molecule has 228 valence electrons. The van der Waals surface area contributed by atoms with Crippen LogP contribution in [0.4, 0.5) is 0 Å². The monoisotopic (exact) mass is 577 g/mol. The summed E-state index contributed by atoms with van der Waals surface area (Å²) in [5.74, 6) is 1.76. The minimum Gasteiger partial charge on any atom is -0.462 e. The van der Waals surface area contributed by atoms with Gasteiger partial charge in [0.05, 0.1) is 23.2 Å². The van der Waals surface area contributed by atoms with Crippen LogP contribution in [0, 0.1) is 39.9 Å². The number of hydrogen-bond acceptors (Lipinski definition) is 7. The second-order valence-electron chi connectivity index (χ2n) is 11.9. The molecular weight excluding hydrogens is 522 g/mol. The van der Waals surface area contributed by atoms with Crippen LogP contribution in [0.3, 0.4) is 0 Å². The fraction of sp³-hybridized carbons (Fsp3) is 0.727. The molecule has 0 aromatic heterocycles. The molecule has 1 N–H and O–H groups in total. The van der Waals surface area contributed by atoms with Crippen molar-refractivity contribution in [1.82, 2.24) is 0 Å². The molecule has 5 atom stereocenters. The maximum atomic E-state index is 12.0. The standard InChI is InChI=1S/C18H27N.C15H28O5S/c1-13(2)17(12-19)15(4)18(5,6)14(3)16-10-8-7-9-11-16;1-5-8-15(4,6-2)14(18)20-10-12(16)9-19-13(17)11-21-7-3/h7-11,13-15,17H,1-6H3;12,16H,5-11H2,1-4H3. The van der Waals surface area contributed by atoms with Crippen LogP contribution < -0.4 is 0 Å². The number of carbonyl (C=O) groups excluding carboxylic acids is 2. The first-order chi connectivity index (χ1) is 18.7. The van der Waals surface area contributed by atoms with Gasteiger partial charge in [-0.15, -0.1) is 0 Å². The van der Waals surface area contributed by atoms with E-state index in [-0.39, 0.29) is 42.2 Å². The lowest BCUT2D eigenvalue weighted by atomic mass is 9.63. The van der Waals surface area contributed by atoms with Gasteiger partial charge >= 0.3 is 11.9 Å². The molecule has 6 nitrogen and oxygen atoms in total. The van der Waals surface area contributed by atoms with Crippen molar-refractivity contribution in [3.05, 3.63) is 35.9 Å². The molecule has 1 aromatic carbocycles. The van der Waals surface area contributed by atoms with Crippen LogP contribution in [-0.4, -0.2) is 47.9 Å². The average Bonchev–Trinajstić information content (AvgIpc) is 2.94. The Kier molecular flexibility index (Phi) is 18.2. The summed E-state index contributed by atoms with van der Waals surface area (Å²) in [5.41, 5.74) is 0.953. The first kappa shape index (κ1) is 38.0. The van der Waals surface area contributed by atoms with Gasteiger partial charge in [0.15, 0.2) is 0 Å². The third-order valence-corrected chi connectivity index (χ3v) is 9.19. The number of thioether (sulfide) groups is 1. The van der Waals surface area contributed by atoms with Crippen molar-refractivity contribution < 1.29 is 24.2 Å². The average molecular weight is 578 g/mol. The van der Waals surface area contributed by atoms with E-state index in [9.17, 15) is 20.0 Å². The van der Waals surface area contributed by atoms with Gasteiger partial charge in [0.2, 0.25) is 0 Å². The first-order valence-corrected chi connectivity index (χ1v) is 15.9. The van der Waals surface area contributed by atoms with Gasteiger partial charge in [-0.05, 0) is 54.3 Å². The van der Waals surface area contributed by atoms with Gasteiger partial charge in [0.1, 0.15) is 19.3 Å². The van der Waals surface area contributed by atoms with E-state index in [1.165, 1.54) is 17.3 Å². The highest BCUT2D eigenvalue weighted by atomic mass is 32.2. The Morgan fingerprint density at radius 3 is 2.05 bits per heavy atom. The molecular formula is C33H55NO5S. The second-order valence-corrected chi connectivity index (χ2v) is 13.2. The van der Waals surface area contributed by atoms with Gasteiger partial charge in [-0.2, -0.15) is 17.0 Å². The van der Waals surface area contributed by atoms with Gasteiger partial charge in [0.25, 0.3) is 0 Å². The number of nitriles is 1. The first-order valence-electron chi connectivity index (χ1n) is 14.7. The maximum Gasteiger partial charge on any atom is 0.315 e. The molecule has 0 radical (unpaired) electrons. The number of ether oxygens (including phenoxy) is 2. The zero-order chi connectivity index (χ0) is 30.9. The normalized spacial score (nSPS) is 15.9. The predicted molar refractivity (Wildman–Crippen MR) is 166 cm³/mol. The van der Waals surface area contributed by atoms with Crippen LogP contribution in [0.2, 0.25) is 0 Å². The van der Waals surface area contributed by atoms with Gasteiger partial charge in [-0.1, -0.05) is 99.1 Å². The van der Waals surface area contributed by atoms with Crippen LogP contribution in [0.15, 0.2) is 30.3 Å². The highest BCUT2D eigenvalue weighted by Gasteiger charge is 2.38. The molecule has 0 saturated heterocycles. The minimum atomic E-state index is -0.979. The molecule has 0 aliphatic heterocycles. The smallest absolute Gasteiger partial charge is 0.315 e. The number of nitrogens with zero attached hydrogens (tertiary/aromatic N) is 1. The summed E-state index contributed by atoms with van der Waals surface area (Å²) in [6, 6.07) is 13.1. The zero-order valence-corrected chi connectivity index (χ0v) is 27.5. The molecule has 40 heavy (non-hydrogen) atoms.